The summed E-state index contributed by atoms with van der Waals surface area (Å²) in [6.45, 7) is 6.09. The molecule has 0 atom stereocenters. The normalized spacial score (nSPS) is 11.9. The van der Waals surface area contributed by atoms with E-state index in [0.29, 0.717) is 0 Å². The van der Waals surface area contributed by atoms with Crippen LogP contribution in [0.3, 0.4) is 0 Å². The zero-order valence-electron chi connectivity index (χ0n) is 11.3. The topological polar surface area (TPSA) is 50.4 Å². The lowest BCUT2D eigenvalue weighted by molar-refractivity contribution is 0.507. The van der Waals surface area contributed by atoms with Crippen molar-refractivity contribution >= 4 is 29.9 Å². The van der Waals surface area contributed by atoms with Gasteiger partial charge in [0.05, 0.1) is 0 Å². The zero-order valence-corrected chi connectivity index (χ0v) is 13.7. The summed E-state index contributed by atoms with van der Waals surface area (Å²) in [5.41, 5.74) is 5.51. The van der Waals surface area contributed by atoms with Crippen molar-refractivity contribution in [3.63, 3.8) is 0 Å². The molecule has 0 saturated carbocycles. The molecule has 0 aromatic heterocycles. The number of nitrogens with two attached hydrogens (primary N) is 1. The number of benzene rings is 1. The quantitative estimate of drug-likeness (QED) is 0.479. The summed E-state index contributed by atoms with van der Waals surface area (Å²) in [6, 6.07) is 3.81. The summed E-state index contributed by atoms with van der Waals surface area (Å²) < 4.78 is 26.6. The highest BCUT2D eigenvalue weighted by molar-refractivity contribution is 14.0. The molecule has 0 heterocycles. The second-order valence-corrected chi connectivity index (χ2v) is 5.09. The van der Waals surface area contributed by atoms with E-state index in [0.717, 1.165) is 0 Å². The van der Waals surface area contributed by atoms with Gasteiger partial charge in [-0.15, -0.1) is 24.0 Å². The van der Waals surface area contributed by atoms with E-state index in [1.54, 1.807) is 0 Å². The molecule has 1 rings (SSSR count). The highest BCUT2D eigenvalue weighted by Gasteiger charge is 2.10. The van der Waals surface area contributed by atoms with Gasteiger partial charge >= 0.3 is 0 Å². The summed E-state index contributed by atoms with van der Waals surface area (Å²) in [5.74, 6) is -0.820. The van der Waals surface area contributed by atoms with Crippen LogP contribution in [0.1, 0.15) is 26.3 Å². The first-order valence-electron chi connectivity index (χ1n) is 5.80. The fourth-order valence-electron chi connectivity index (χ4n) is 1.48. The van der Waals surface area contributed by atoms with Crippen LogP contribution >= 0.6 is 24.0 Å². The van der Waals surface area contributed by atoms with Gasteiger partial charge in [0.2, 0.25) is 0 Å². The molecule has 0 aliphatic carbocycles. The molecular weight excluding hydrogens is 363 g/mol. The number of guanidine groups is 1. The van der Waals surface area contributed by atoms with Crippen molar-refractivity contribution in [2.24, 2.45) is 10.7 Å². The summed E-state index contributed by atoms with van der Waals surface area (Å²) in [4.78, 5) is 4.04. The van der Waals surface area contributed by atoms with Crippen LogP contribution in [0.25, 0.3) is 0 Å². The number of nitrogens with one attached hydrogen (secondary N) is 1. The van der Waals surface area contributed by atoms with Crippen LogP contribution in [-0.4, -0.2) is 18.0 Å². The lowest BCUT2D eigenvalue weighted by Crippen LogP contribution is -2.45. The minimum Gasteiger partial charge on any atom is -0.370 e. The molecule has 0 radical (unpaired) electrons. The minimum atomic E-state index is -0.549. The number of rotatable bonds is 3. The van der Waals surface area contributed by atoms with Crippen LogP contribution in [0.5, 0.6) is 0 Å². The molecule has 0 amide bonds. The van der Waals surface area contributed by atoms with Crippen LogP contribution in [0.15, 0.2) is 23.2 Å². The predicted octanol–water partition coefficient (Wildman–Crippen LogP) is 2.83. The van der Waals surface area contributed by atoms with Crippen LogP contribution in [0, 0.1) is 11.6 Å². The number of hydrogen-bond donors (Lipinski definition) is 2. The molecule has 3 nitrogen and oxygen atoms in total. The lowest BCUT2D eigenvalue weighted by atomic mass is 10.1. The summed E-state index contributed by atoms with van der Waals surface area (Å²) in [5, 5.41) is 2.97. The molecule has 0 aliphatic heterocycles. The molecule has 0 aliphatic rings. The number of halogens is 3. The van der Waals surface area contributed by atoms with E-state index in [1.165, 1.54) is 18.2 Å². The van der Waals surface area contributed by atoms with Crippen molar-refractivity contribution in [2.45, 2.75) is 32.7 Å². The van der Waals surface area contributed by atoms with Crippen LogP contribution in [0.2, 0.25) is 0 Å². The molecule has 0 saturated heterocycles. The van der Waals surface area contributed by atoms with Gasteiger partial charge in [-0.3, -0.25) is 4.99 Å². The van der Waals surface area contributed by atoms with E-state index in [9.17, 15) is 8.78 Å². The second kappa shape index (κ2) is 7.62. The van der Waals surface area contributed by atoms with E-state index in [1.807, 2.05) is 20.8 Å². The van der Waals surface area contributed by atoms with Crippen molar-refractivity contribution in [2.75, 3.05) is 6.54 Å². The first-order chi connectivity index (χ1) is 8.29. The van der Waals surface area contributed by atoms with Gasteiger partial charge < -0.3 is 11.1 Å². The Bertz CT molecular complexity index is 422. The Morgan fingerprint density at radius 2 is 1.79 bits per heavy atom. The lowest BCUT2D eigenvalue weighted by Gasteiger charge is -2.20. The maximum Gasteiger partial charge on any atom is 0.188 e. The number of nitrogens with zero attached hydrogens (tertiary/aromatic N) is 1. The van der Waals surface area contributed by atoms with Crippen LogP contribution in [-0.2, 0) is 6.42 Å². The van der Waals surface area contributed by atoms with E-state index in [-0.39, 0.29) is 54.0 Å². The third-order valence-corrected chi connectivity index (χ3v) is 2.21. The number of hydrogen-bond acceptors (Lipinski definition) is 1. The highest BCUT2D eigenvalue weighted by atomic mass is 127. The van der Waals surface area contributed by atoms with Gasteiger partial charge in [-0.25, -0.2) is 8.78 Å². The van der Waals surface area contributed by atoms with E-state index >= 15 is 0 Å². The average molecular weight is 383 g/mol. The van der Waals surface area contributed by atoms with Crippen molar-refractivity contribution in [1.82, 2.24) is 5.32 Å². The van der Waals surface area contributed by atoms with Gasteiger partial charge in [0.1, 0.15) is 11.6 Å². The van der Waals surface area contributed by atoms with Crippen LogP contribution in [0.4, 0.5) is 8.78 Å². The van der Waals surface area contributed by atoms with Crippen molar-refractivity contribution in [1.29, 1.82) is 0 Å². The second-order valence-electron chi connectivity index (χ2n) is 5.09. The summed E-state index contributed by atoms with van der Waals surface area (Å²) >= 11 is 0. The van der Waals surface area contributed by atoms with Crippen molar-refractivity contribution in [3.05, 3.63) is 35.4 Å². The van der Waals surface area contributed by atoms with Gasteiger partial charge in [-0.05, 0) is 39.3 Å². The molecule has 0 bridgehead atoms. The molecule has 0 unspecified atom stereocenters. The Kier molecular flexibility index (Phi) is 7.25. The molecular formula is C13H20F2IN3. The zero-order chi connectivity index (χ0) is 13.8. The van der Waals surface area contributed by atoms with Gasteiger partial charge in [-0.2, -0.15) is 0 Å². The maximum atomic E-state index is 13.3. The standard InChI is InChI=1S/C13H19F2N3.HI/c1-13(2,3)18-12(16)17-8-7-9-10(14)5-4-6-11(9)15;/h4-6H,7-8H2,1-3H3,(H3,16,17,18);1H. The SMILES string of the molecule is CC(C)(C)NC(N)=NCCc1c(F)cccc1F.I. The molecule has 0 fully saturated rings. The summed E-state index contributed by atoms with van der Waals surface area (Å²) in [6.07, 6.45) is 0.186. The van der Waals surface area contributed by atoms with E-state index in [4.69, 9.17) is 5.73 Å². The Morgan fingerprint density at radius 3 is 2.26 bits per heavy atom. The van der Waals surface area contributed by atoms with Crippen molar-refractivity contribution < 1.29 is 8.78 Å². The third kappa shape index (κ3) is 6.70. The molecule has 0 spiro atoms. The smallest absolute Gasteiger partial charge is 0.188 e. The van der Waals surface area contributed by atoms with E-state index < -0.39 is 11.6 Å². The van der Waals surface area contributed by atoms with Crippen molar-refractivity contribution in [3.8, 4) is 0 Å². The monoisotopic (exact) mass is 383 g/mol. The van der Waals surface area contributed by atoms with Gasteiger partial charge in [0.25, 0.3) is 0 Å². The first-order valence-corrected chi connectivity index (χ1v) is 5.80. The molecule has 3 N–H and O–H groups in total. The molecule has 1 aromatic rings. The van der Waals surface area contributed by atoms with E-state index in [2.05, 4.69) is 10.3 Å². The predicted molar refractivity (Wildman–Crippen MR) is 84.9 cm³/mol. The van der Waals surface area contributed by atoms with Gasteiger partial charge in [0, 0.05) is 17.6 Å². The molecule has 1 aromatic carbocycles. The third-order valence-electron chi connectivity index (χ3n) is 2.21. The number of aliphatic imine (C=N–C) groups is 1. The maximum absolute atomic E-state index is 13.3. The Labute approximate surface area is 129 Å². The first kappa shape index (κ1) is 18.1. The van der Waals surface area contributed by atoms with Gasteiger partial charge in [-0.1, -0.05) is 6.07 Å². The Morgan fingerprint density at radius 1 is 1.26 bits per heavy atom. The van der Waals surface area contributed by atoms with Crippen LogP contribution < -0.4 is 11.1 Å². The Hall–Kier alpha value is -0.920. The minimum absolute atomic E-state index is 0. The molecule has 19 heavy (non-hydrogen) atoms. The largest absolute Gasteiger partial charge is 0.370 e. The Balaban J connectivity index is 0.00000324. The molecule has 108 valence electrons. The molecule has 6 heteroatoms. The fourth-order valence-corrected chi connectivity index (χ4v) is 1.48. The average Bonchev–Trinajstić information content (AvgIpc) is 2.19. The fraction of sp³-hybridized carbons (Fsp3) is 0.462. The van der Waals surface area contributed by atoms with Gasteiger partial charge in [0.15, 0.2) is 5.96 Å². The summed E-state index contributed by atoms with van der Waals surface area (Å²) in [7, 11) is 0. The highest BCUT2D eigenvalue weighted by Crippen LogP contribution is 2.12.